The summed E-state index contributed by atoms with van der Waals surface area (Å²) < 4.78 is 42.8. The highest BCUT2D eigenvalue weighted by Gasteiger charge is 2.25. The fraction of sp³-hybridized carbons (Fsp3) is 0.0909. The summed E-state index contributed by atoms with van der Waals surface area (Å²) in [5.74, 6) is -3.56. The lowest BCUT2D eigenvalue weighted by Crippen LogP contribution is -2.08. The second-order valence-electron chi connectivity index (χ2n) is 3.93. The molecule has 0 radical (unpaired) electrons. The lowest BCUT2D eigenvalue weighted by atomic mass is 10.1. The van der Waals surface area contributed by atoms with Gasteiger partial charge < -0.3 is 14.6 Å². The van der Waals surface area contributed by atoms with Crippen LogP contribution in [0.4, 0.5) is 10.3 Å². The maximum Gasteiger partial charge on any atom is 0.253 e. The molecule has 2 rings (SSSR count). The maximum absolute atomic E-state index is 13.8. The first kappa shape index (κ1) is 14.5. The van der Waals surface area contributed by atoms with Crippen molar-refractivity contribution < 1.29 is 27.4 Å². The van der Waals surface area contributed by atoms with Gasteiger partial charge in [0, 0.05) is 0 Å². The Balaban J connectivity index is 2.59. The van der Waals surface area contributed by atoms with Crippen LogP contribution in [0.2, 0.25) is 5.02 Å². The van der Waals surface area contributed by atoms with Gasteiger partial charge in [0.25, 0.3) is 5.88 Å². The molecule has 0 spiro atoms. The summed E-state index contributed by atoms with van der Waals surface area (Å²) in [7, 11) is -3.74. The molecule has 9 heteroatoms. The van der Waals surface area contributed by atoms with Gasteiger partial charge in [-0.3, -0.25) is 4.72 Å². The summed E-state index contributed by atoms with van der Waals surface area (Å²) in [6.45, 7) is 0. The average molecular weight is 322 g/mol. The van der Waals surface area contributed by atoms with Gasteiger partial charge in [-0.2, -0.15) is 0 Å². The Hall–Kier alpha value is -1.93. The molecule has 6 nitrogen and oxygen atoms in total. The van der Waals surface area contributed by atoms with Gasteiger partial charge in [0.05, 0.1) is 16.8 Å². The van der Waals surface area contributed by atoms with E-state index in [2.05, 4.69) is 0 Å². The Bertz CT molecular complexity index is 771. The molecule has 108 valence electrons. The molecule has 1 aromatic heterocycles. The number of hydrogen-bond donors (Lipinski definition) is 3. The van der Waals surface area contributed by atoms with Crippen molar-refractivity contribution in [1.29, 1.82) is 0 Å². The third kappa shape index (κ3) is 2.66. The zero-order valence-corrected chi connectivity index (χ0v) is 11.6. The van der Waals surface area contributed by atoms with Crippen LogP contribution < -0.4 is 4.72 Å². The van der Waals surface area contributed by atoms with Crippen molar-refractivity contribution in [3.8, 4) is 22.8 Å². The number of rotatable bonds is 3. The monoisotopic (exact) mass is 321 g/mol. The first-order valence-corrected chi connectivity index (χ1v) is 7.44. The molecule has 0 atom stereocenters. The van der Waals surface area contributed by atoms with Crippen LogP contribution in [0.25, 0.3) is 11.3 Å². The second-order valence-corrected chi connectivity index (χ2v) is 6.09. The van der Waals surface area contributed by atoms with E-state index in [-0.39, 0.29) is 10.6 Å². The molecule has 0 saturated heterocycles. The smallest absolute Gasteiger partial charge is 0.253 e. The minimum absolute atomic E-state index is 0.213. The van der Waals surface area contributed by atoms with Crippen molar-refractivity contribution in [2.24, 2.45) is 0 Å². The summed E-state index contributed by atoms with van der Waals surface area (Å²) in [6, 6.07) is 3.95. The van der Waals surface area contributed by atoms with Gasteiger partial charge in [-0.25, -0.2) is 12.8 Å². The molecular formula is C11H9ClFNO5S. The largest absolute Gasteiger partial charge is 0.502 e. The normalized spacial score (nSPS) is 11.6. The quantitative estimate of drug-likeness (QED) is 0.806. The van der Waals surface area contributed by atoms with E-state index in [0.29, 0.717) is 0 Å². The average Bonchev–Trinajstić information content (AvgIpc) is 2.59. The van der Waals surface area contributed by atoms with Crippen LogP contribution in [-0.4, -0.2) is 24.9 Å². The van der Waals surface area contributed by atoms with Crippen molar-refractivity contribution >= 4 is 27.5 Å². The number of sulfonamides is 1. The highest BCUT2D eigenvalue weighted by Crippen LogP contribution is 2.46. The summed E-state index contributed by atoms with van der Waals surface area (Å²) in [5, 5.41) is 19.1. The number of nitrogens with one attached hydrogen (secondary N) is 1. The summed E-state index contributed by atoms with van der Waals surface area (Å²) in [6.07, 6.45) is 0.825. The number of aromatic hydroxyl groups is 2. The third-order valence-electron chi connectivity index (χ3n) is 2.33. The highest BCUT2D eigenvalue weighted by atomic mass is 35.5. The molecule has 3 N–H and O–H groups in total. The van der Waals surface area contributed by atoms with E-state index < -0.39 is 39.0 Å². The molecule has 20 heavy (non-hydrogen) atoms. The van der Waals surface area contributed by atoms with Crippen molar-refractivity contribution in [3.63, 3.8) is 0 Å². The highest BCUT2D eigenvalue weighted by molar-refractivity contribution is 7.92. The number of hydrogen-bond acceptors (Lipinski definition) is 5. The van der Waals surface area contributed by atoms with E-state index in [1.54, 1.807) is 0 Å². The van der Waals surface area contributed by atoms with E-state index >= 15 is 0 Å². The van der Waals surface area contributed by atoms with Crippen LogP contribution >= 0.6 is 11.6 Å². The molecule has 2 aromatic rings. The molecule has 1 aromatic carbocycles. The van der Waals surface area contributed by atoms with E-state index in [9.17, 15) is 23.0 Å². The first-order valence-electron chi connectivity index (χ1n) is 5.17. The molecule has 0 saturated carbocycles. The van der Waals surface area contributed by atoms with Crippen LogP contribution in [-0.2, 0) is 10.0 Å². The maximum atomic E-state index is 13.8. The minimum atomic E-state index is -3.74. The van der Waals surface area contributed by atoms with Crippen LogP contribution in [0.1, 0.15) is 0 Å². The predicted molar refractivity (Wildman–Crippen MR) is 70.9 cm³/mol. The summed E-state index contributed by atoms with van der Waals surface area (Å²) in [5.41, 5.74) is -0.216. The topological polar surface area (TPSA) is 99.8 Å². The standard InChI is InChI=1S/C11H9ClFNO5S/c1-20(17,18)14-11-9(16)8(15)10(19-11)5-3-2-4-6(12)7(5)13/h2-4,14-16H,1H3. The fourth-order valence-corrected chi connectivity index (χ4v) is 2.16. The summed E-state index contributed by atoms with van der Waals surface area (Å²) >= 11 is 5.60. The molecule has 0 aliphatic rings. The number of halogens is 2. The molecule has 1 heterocycles. The SMILES string of the molecule is CS(=O)(=O)Nc1oc(-c2cccc(Cl)c2F)c(O)c1O. The Kier molecular flexibility index (Phi) is 3.53. The van der Waals surface area contributed by atoms with E-state index in [0.717, 1.165) is 6.26 Å². The molecular weight excluding hydrogens is 313 g/mol. The van der Waals surface area contributed by atoms with E-state index in [4.69, 9.17) is 16.0 Å². The molecule has 0 aliphatic carbocycles. The Labute approximate surface area is 118 Å². The van der Waals surface area contributed by atoms with Gasteiger partial charge in [0.1, 0.15) is 0 Å². The molecule has 0 amide bonds. The van der Waals surface area contributed by atoms with Crippen molar-refractivity contribution in [3.05, 3.63) is 29.0 Å². The Morgan fingerprint density at radius 3 is 2.55 bits per heavy atom. The lowest BCUT2D eigenvalue weighted by Gasteiger charge is -2.01. The van der Waals surface area contributed by atoms with Gasteiger partial charge in [0.15, 0.2) is 11.6 Å². The van der Waals surface area contributed by atoms with E-state index in [1.807, 2.05) is 4.72 Å². The molecule has 0 unspecified atom stereocenters. The van der Waals surface area contributed by atoms with Gasteiger partial charge in [-0.05, 0) is 12.1 Å². The fourth-order valence-electron chi connectivity index (χ4n) is 1.51. The molecule has 0 aliphatic heterocycles. The van der Waals surface area contributed by atoms with Gasteiger partial charge in [-0.15, -0.1) is 0 Å². The lowest BCUT2D eigenvalue weighted by molar-refractivity contribution is 0.410. The van der Waals surface area contributed by atoms with E-state index in [1.165, 1.54) is 18.2 Å². The number of benzene rings is 1. The zero-order valence-electron chi connectivity index (χ0n) is 10.0. The molecule has 0 bridgehead atoms. The molecule has 0 fully saturated rings. The van der Waals surface area contributed by atoms with Gasteiger partial charge in [-0.1, -0.05) is 17.7 Å². The van der Waals surface area contributed by atoms with Crippen molar-refractivity contribution in [2.45, 2.75) is 0 Å². The van der Waals surface area contributed by atoms with Crippen molar-refractivity contribution in [2.75, 3.05) is 11.0 Å². The predicted octanol–water partition coefficient (Wildman–Crippen LogP) is 2.52. The van der Waals surface area contributed by atoms with Gasteiger partial charge >= 0.3 is 0 Å². The summed E-state index contributed by atoms with van der Waals surface area (Å²) in [4.78, 5) is 0. The first-order chi connectivity index (χ1) is 9.20. The van der Waals surface area contributed by atoms with Crippen LogP contribution in [0.15, 0.2) is 22.6 Å². The van der Waals surface area contributed by atoms with Gasteiger partial charge in [0.2, 0.25) is 21.5 Å². The Morgan fingerprint density at radius 1 is 1.30 bits per heavy atom. The zero-order chi connectivity index (χ0) is 15.1. The van der Waals surface area contributed by atoms with Crippen LogP contribution in [0.5, 0.6) is 11.5 Å². The van der Waals surface area contributed by atoms with Crippen LogP contribution in [0.3, 0.4) is 0 Å². The number of furan rings is 1. The number of anilines is 1. The van der Waals surface area contributed by atoms with Crippen LogP contribution in [0, 0.1) is 5.82 Å². The van der Waals surface area contributed by atoms with Crippen molar-refractivity contribution in [1.82, 2.24) is 0 Å². The second kappa shape index (κ2) is 4.88. The minimum Gasteiger partial charge on any atom is -0.502 e. The Morgan fingerprint density at radius 2 is 1.95 bits per heavy atom. The third-order valence-corrected chi connectivity index (χ3v) is 3.18.